The van der Waals surface area contributed by atoms with Crippen LogP contribution >= 0.6 is 0 Å². The molecule has 0 atom stereocenters. The minimum Gasteiger partial charge on any atom is -0.323 e. The minimum atomic E-state index is 0.866. The molecule has 0 aliphatic heterocycles. The summed E-state index contributed by atoms with van der Waals surface area (Å²) in [6, 6.07) is 0. The number of nitrogens with two attached hydrogens (primary N) is 1. The molecule has 0 radical (unpaired) electrons. The van der Waals surface area contributed by atoms with Crippen LogP contribution in [0.3, 0.4) is 0 Å². The normalized spacial score (nSPS) is 11.1. The summed E-state index contributed by atoms with van der Waals surface area (Å²) in [7, 11) is 0. The highest BCUT2D eigenvalue weighted by atomic mass is 15.1. The molecule has 0 aliphatic rings. The molecule has 2 N–H and O–H groups in total. The van der Waals surface area contributed by atoms with Crippen LogP contribution in [0.2, 0.25) is 0 Å². The molecule has 2 nitrogen and oxygen atoms in total. The van der Waals surface area contributed by atoms with Gasteiger partial charge in [-0.1, -0.05) is 5.57 Å². The summed E-state index contributed by atoms with van der Waals surface area (Å²) in [6.45, 7) is 5.89. The van der Waals surface area contributed by atoms with Crippen LogP contribution in [-0.2, 0) is 0 Å². The standard InChI is InChI=1S/C6H12N2/c1-5(2)4-6(3)8-7/h4H,7H2,1-3H3. The fraction of sp³-hybridized carbons (Fsp3) is 0.500. The molecule has 0 aromatic heterocycles. The number of hydrogen-bond donors (Lipinski definition) is 1. The van der Waals surface area contributed by atoms with E-state index in [0.29, 0.717) is 0 Å². The highest BCUT2D eigenvalue weighted by molar-refractivity contribution is 5.92. The van der Waals surface area contributed by atoms with Crippen molar-refractivity contribution in [1.29, 1.82) is 0 Å². The number of hydrazone groups is 1. The van der Waals surface area contributed by atoms with Crippen LogP contribution in [0.5, 0.6) is 0 Å². The summed E-state index contributed by atoms with van der Waals surface area (Å²) in [5.41, 5.74) is 2.08. The highest BCUT2D eigenvalue weighted by Gasteiger charge is 1.79. The summed E-state index contributed by atoms with van der Waals surface area (Å²) in [5, 5.41) is 3.47. The summed E-state index contributed by atoms with van der Waals surface area (Å²) in [5.74, 6) is 4.96. The molecule has 0 amide bonds. The monoisotopic (exact) mass is 112 g/mol. The molecule has 8 heavy (non-hydrogen) atoms. The Morgan fingerprint density at radius 2 is 1.88 bits per heavy atom. The maximum absolute atomic E-state index is 4.96. The lowest BCUT2D eigenvalue weighted by Gasteiger charge is -1.87. The lowest BCUT2D eigenvalue weighted by molar-refractivity contribution is 1.24. The van der Waals surface area contributed by atoms with Gasteiger partial charge in [0.1, 0.15) is 0 Å². The zero-order chi connectivity index (χ0) is 6.57. The number of nitrogens with zero attached hydrogens (tertiary/aromatic N) is 1. The molecule has 0 aromatic rings. The molecule has 0 unspecified atom stereocenters. The van der Waals surface area contributed by atoms with Crippen LogP contribution in [0.4, 0.5) is 0 Å². The summed E-state index contributed by atoms with van der Waals surface area (Å²) in [6.07, 6.45) is 1.93. The van der Waals surface area contributed by atoms with Gasteiger partial charge in [0, 0.05) is 0 Å². The fourth-order valence-corrected chi connectivity index (χ4v) is 0.455. The Labute approximate surface area is 50.1 Å². The molecular weight excluding hydrogens is 100 g/mol. The van der Waals surface area contributed by atoms with Gasteiger partial charge in [-0.05, 0) is 26.8 Å². The first-order valence-corrected chi connectivity index (χ1v) is 2.56. The van der Waals surface area contributed by atoms with Gasteiger partial charge < -0.3 is 5.84 Å². The maximum Gasteiger partial charge on any atom is 0.0569 e. The van der Waals surface area contributed by atoms with Gasteiger partial charge in [0.15, 0.2) is 0 Å². The largest absolute Gasteiger partial charge is 0.323 e. The van der Waals surface area contributed by atoms with Gasteiger partial charge in [-0.15, -0.1) is 0 Å². The minimum absolute atomic E-state index is 0.866. The second-order valence-electron chi connectivity index (χ2n) is 1.99. The fourth-order valence-electron chi connectivity index (χ4n) is 0.455. The Kier molecular flexibility index (Phi) is 2.92. The average Bonchev–Trinajstić information content (AvgIpc) is 1.65. The summed E-state index contributed by atoms with van der Waals surface area (Å²) < 4.78 is 0. The third-order valence-electron chi connectivity index (χ3n) is 0.701. The second kappa shape index (κ2) is 3.24. The van der Waals surface area contributed by atoms with Crippen LogP contribution in [0, 0.1) is 0 Å². The van der Waals surface area contributed by atoms with E-state index in [1.54, 1.807) is 0 Å². The van der Waals surface area contributed by atoms with Crippen molar-refractivity contribution in [2.45, 2.75) is 20.8 Å². The van der Waals surface area contributed by atoms with Crippen LogP contribution in [0.15, 0.2) is 16.8 Å². The van der Waals surface area contributed by atoms with E-state index in [9.17, 15) is 0 Å². The Morgan fingerprint density at radius 1 is 1.38 bits per heavy atom. The molecule has 0 rings (SSSR count). The van der Waals surface area contributed by atoms with Gasteiger partial charge in [0.2, 0.25) is 0 Å². The van der Waals surface area contributed by atoms with Crippen molar-refractivity contribution in [2.24, 2.45) is 10.9 Å². The zero-order valence-electron chi connectivity index (χ0n) is 5.60. The van der Waals surface area contributed by atoms with E-state index in [-0.39, 0.29) is 0 Å². The van der Waals surface area contributed by atoms with Gasteiger partial charge in [0.05, 0.1) is 5.71 Å². The SMILES string of the molecule is CC(C)=CC(C)=NN. The van der Waals surface area contributed by atoms with Crippen molar-refractivity contribution in [3.05, 3.63) is 11.6 Å². The predicted octanol–water partition coefficient (Wildman–Crippen LogP) is 1.29. The Morgan fingerprint density at radius 3 is 2.00 bits per heavy atom. The first-order valence-electron chi connectivity index (χ1n) is 2.56. The average molecular weight is 112 g/mol. The van der Waals surface area contributed by atoms with E-state index in [0.717, 1.165) is 5.71 Å². The first kappa shape index (κ1) is 7.21. The van der Waals surface area contributed by atoms with Crippen LogP contribution in [0.25, 0.3) is 0 Å². The van der Waals surface area contributed by atoms with E-state index in [2.05, 4.69) is 5.10 Å². The Bertz CT molecular complexity index is 118. The van der Waals surface area contributed by atoms with E-state index in [4.69, 9.17) is 5.84 Å². The molecule has 0 spiro atoms. The number of hydrogen-bond acceptors (Lipinski definition) is 2. The molecule has 46 valence electrons. The summed E-state index contributed by atoms with van der Waals surface area (Å²) >= 11 is 0. The topological polar surface area (TPSA) is 38.4 Å². The van der Waals surface area contributed by atoms with Gasteiger partial charge >= 0.3 is 0 Å². The molecule has 0 aliphatic carbocycles. The van der Waals surface area contributed by atoms with Crippen LogP contribution in [0.1, 0.15) is 20.8 Å². The smallest absolute Gasteiger partial charge is 0.0569 e. The van der Waals surface area contributed by atoms with Gasteiger partial charge in [-0.25, -0.2) is 0 Å². The quantitative estimate of drug-likeness (QED) is 0.310. The van der Waals surface area contributed by atoms with Crippen molar-refractivity contribution in [1.82, 2.24) is 0 Å². The maximum atomic E-state index is 4.96. The predicted molar refractivity (Wildman–Crippen MR) is 36.7 cm³/mol. The van der Waals surface area contributed by atoms with E-state index >= 15 is 0 Å². The van der Waals surface area contributed by atoms with Crippen molar-refractivity contribution in [3.63, 3.8) is 0 Å². The number of allylic oxidation sites excluding steroid dienone is 2. The molecule has 0 saturated carbocycles. The first-order chi connectivity index (χ1) is 3.66. The molecule has 0 bridgehead atoms. The van der Waals surface area contributed by atoms with E-state index in [1.165, 1.54) is 5.57 Å². The van der Waals surface area contributed by atoms with Gasteiger partial charge in [-0.3, -0.25) is 0 Å². The van der Waals surface area contributed by atoms with E-state index in [1.807, 2.05) is 26.8 Å². The van der Waals surface area contributed by atoms with Crippen LogP contribution in [-0.4, -0.2) is 5.71 Å². The van der Waals surface area contributed by atoms with Crippen molar-refractivity contribution >= 4 is 5.71 Å². The lowest BCUT2D eigenvalue weighted by Crippen LogP contribution is -1.91. The Balaban J connectivity index is 3.89. The zero-order valence-corrected chi connectivity index (χ0v) is 5.60. The van der Waals surface area contributed by atoms with Gasteiger partial charge in [-0.2, -0.15) is 5.10 Å². The third-order valence-corrected chi connectivity index (χ3v) is 0.701. The molecule has 0 aromatic carbocycles. The second-order valence-corrected chi connectivity index (χ2v) is 1.99. The highest BCUT2D eigenvalue weighted by Crippen LogP contribution is 1.88. The summed E-state index contributed by atoms with van der Waals surface area (Å²) in [4.78, 5) is 0. The molecule has 2 heteroatoms. The Hall–Kier alpha value is -0.790. The molecule has 0 heterocycles. The molecule has 0 saturated heterocycles. The van der Waals surface area contributed by atoms with Crippen molar-refractivity contribution in [2.75, 3.05) is 0 Å². The van der Waals surface area contributed by atoms with Gasteiger partial charge in [0.25, 0.3) is 0 Å². The van der Waals surface area contributed by atoms with Crippen molar-refractivity contribution in [3.8, 4) is 0 Å². The van der Waals surface area contributed by atoms with E-state index < -0.39 is 0 Å². The lowest BCUT2D eigenvalue weighted by atomic mass is 10.3. The molecular formula is C6H12N2. The van der Waals surface area contributed by atoms with Crippen LogP contribution < -0.4 is 5.84 Å². The molecule has 0 fully saturated rings. The van der Waals surface area contributed by atoms with Crippen molar-refractivity contribution < 1.29 is 0 Å². The third kappa shape index (κ3) is 3.40. The number of rotatable bonds is 1.